The number of thiophene rings is 1. The quantitative estimate of drug-likeness (QED) is 0.792. The molecule has 1 atom stereocenters. The van der Waals surface area contributed by atoms with E-state index in [-0.39, 0.29) is 11.9 Å². The molecule has 1 aromatic carbocycles. The molecule has 21 heavy (non-hydrogen) atoms. The molecule has 0 saturated heterocycles. The average molecular weight is 301 g/mol. The Labute approximate surface area is 131 Å². The zero-order valence-corrected chi connectivity index (χ0v) is 13.6. The molecule has 2 rings (SSSR count). The highest BCUT2D eigenvalue weighted by atomic mass is 32.1. The van der Waals surface area contributed by atoms with Gasteiger partial charge < -0.3 is 5.32 Å². The smallest absolute Gasteiger partial charge is 0.220 e. The second-order valence-corrected chi connectivity index (χ2v) is 6.40. The predicted molar refractivity (Wildman–Crippen MR) is 89.6 cm³/mol. The lowest BCUT2D eigenvalue weighted by Crippen LogP contribution is -2.27. The number of hydrogen-bond donors (Lipinski definition) is 1. The molecule has 0 saturated carbocycles. The topological polar surface area (TPSA) is 29.1 Å². The summed E-state index contributed by atoms with van der Waals surface area (Å²) in [4.78, 5) is 13.4. The Hall–Kier alpha value is -1.61. The summed E-state index contributed by atoms with van der Waals surface area (Å²) in [6, 6.07) is 12.7. The van der Waals surface area contributed by atoms with Crippen LogP contribution in [0.5, 0.6) is 0 Å². The minimum absolute atomic E-state index is 0.125. The van der Waals surface area contributed by atoms with Gasteiger partial charge in [-0.05, 0) is 43.2 Å². The number of nitrogens with one attached hydrogen (secondary N) is 1. The molecule has 2 aromatic rings. The molecule has 0 aliphatic carbocycles. The Bertz CT molecular complexity index is 545. The fourth-order valence-corrected chi connectivity index (χ4v) is 3.12. The van der Waals surface area contributed by atoms with Gasteiger partial charge in [-0.2, -0.15) is 0 Å². The van der Waals surface area contributed by atoms with Gasteiger partial charge in [-0.3, -0.25) is 4.79 Å². The molecule has 3 heteroatoms. The van der Waals surface area contributed by atoms with Crippen LogP contribution < -0.4 is 5.32 Å². The van der Waals surface area contributed by atoms with Crippen LogP contribution in [0.3, 0.4) is 0 Å². The van der Waals surface area contributed by atoms with Gasteiger partial charge in [-0.15, -0.1) is 11.3 Å². The van der Waals surface area contributed by atoms with Crippen LogP contribution in [-0.2, 0) is 11.2 Å². The first-order valence-electron chi connectivity index (χ1n) is 7.57. The lowest BCUT2D eigenvalue weighted by molar-refractivity contribution is -0.121. The molecule has 1 heterocycles. The number of rotatable bonds is 7. The second kappa shape index (κ2) is 7.99. The van der Waals surface area contributed by atoms with Crippen molar-refractivity contribution in [3.8, 4) is 0 Å². The van der Waals surface area contributed by atoms with Crippen molar-refractivity contribution in [2.45, 2.75) is 45.6 Å². The molecule has 1 amide bonds. The third-order valence-electron chi connectivity index (χ3n) is 3.63. The van der Waals surface area contributed by atoms with Crippen LogP contribution >= 0.6 is 11.3 Å². The standard InChI is InChI=1S/C18H23NOS/c1-3-17(15-11-9-14(2)10-12-15)19-18(20)8-4-6-16-7-5-13-21-16/h5,7,9-13,17H,3-4,6,8H2,1-2H3,(H,19,20). The van der Waals surface area contributed by atoms with Gasteiger partial charge in [0.1, 0.15) is 0 Å². The van der Waals surface area contributed by atoms with Crippen LogP contribution in [0, 0.1) is 6.92 Å². The average Bonchev–Trinajstić information content (AvgIpc) is 2.99. The third-order valence-corrected chi connectivity index (χ3v) is 4.57. The molecular formula is C18H23NOS. The normalized spacial score (nSPS) is 12.1. The van der Waals surface area contributed by atoms with Gasteiger partial charge >= 0.3 is 0 Å². The molecule has 0 spiro atoms. The van der Waals surface area contributed by atoms with Crippen molar-refractivity contribution in [1.29, 1.82) is 0 Å². The van der Waals surface area contributed by atoms with E-state index in [4.69, 9.17) is 0 Å². The van der Waals surface area contributed by atoms with Crippen LogP contribution in [0.2, 0.25) is 0 Å². The fourth-order valence-electron chi connectivity index (χ4n) is 2.36. The summed E-state index contributed by atoms with van der Waals surface area (Å²) >= 11 is 1.76. The summed E-state index contributed by atoms with van der Waals surface area (Å²) in [7, 11) is 0. The maximum Gasteiger partial charge on any atom is 0.220 e. The molecule has 112 valence electrons. The van der Waals surface area contributed by atoms with E-state index in [0.29, 0.717) is 6.42 Å². The monoisotopic (exact) mass is 301 g/mol. The SMILES string of the molecule is CCC(NC(=O)CCCc1cccs1)c1ccc(C)cc1. The number of carbonyl (C=O) groups is 1. The third kappa shape index (κ3) is 5.01. The minimum atomic E-state index is 0.125. The van der Waals surface area contributed by atoms with E-state index in [2.05, 4.69) is 60.9 Å². The molecule has 1 N–H and O–H groups in total. The van der Waals surface area contributed by atoms with Crippen molar-refractivity contribution in [3.05, 3.63) is 57.8 Å². The highest BCUT2D eigenvalue weighted by Crippen LogP contribution is 2.18. The van der Waals surface area contributed by atoms with E-state index < -0.39 is 0 Å². The van der Waals surface area contributed by atoms with Gasteiger partial charge in [-0.1, -0.05) is 42.8 Å². The van der Waals surface area contributed by atoms with Crippen molar-refractivity contribution in [1.82, 2.24) is 5.32 Å². The van der Waals surface area contributed by atoms with Gasteiger partial charge in [0.25, 0.3) is 0 Å². The van der Waals surface area contributed by atoms with Crippen LogP contribution in [-0.4, -0.2) is 5.91 Å². The Balaban J connectivity index is 1.80. The van der Waals surface area contributed by atoms with Crippen LogP contribution in [0.1, 0.15) is 48.2 Å². The van der Waals surface area contributed by atoms with Crippen molar-refractivity contribution in [3.63, 3.8) is 0 Å². The molecule has 0 radical (unpaired) electrons. The second-order valence-electron chi connectivity index (χ2n) is 5.37. The van der Waals surface area contributed by atoms with E-state index in [9.17, 15) is 4.79 Å². The Morgan fingerprint density at radius 1 is 1.24 bits per heavy atom. The van der Waals surface area contributed by atoms with Crippen molar-refractivity contribution >= 4 is 17.2 Å². The fraction of sp³-hybridized carbons (Fsp3) is 0.389. The van der Waals surface area contributed by atoms with Crippen LogP contribution in [0.25, 0.3) is 0 Å². The first kappa shape index (κ1) is 15.8. The molecule has 0 bridgehead atoms. The van der Waals surface area contributed by atoms with E-state index in [1.165, 1.54) is 16.0 Å². The molecular weight excluding hydrogens is 278 g/mol. The van der Waals surface area contributed by atoms with E-state index >= 15 is 0 Å². The summed E-state index contributed by atoms with van der Waals surface area (Å²) < 4.78 is 0. The Morgan fingerprint density at radius 2 is 2.00 bits per heavy atom. The summed E-state index contributed by atoms with van der Waals surface area (Å²) in [5.74, 6) is 0.152. The van der Waals surface area contributed by atoms with Gasteiger partial charge in [0, 0.05) is 11.3 Å². The maximum atomic E-state index is 12.1. The lowest BCUT2D eigenvalue weighted by Gasteiger charge is -2.17. The maximum absolute atomic E-state index is 12.1. The number of amides is 1. The zero-order chi connectivity index (χ0) is 15.1. The van der Waals surface area contributed by atoms with Crippen molar-refractivity contribution in [2.24, 2.45) is 0 Å². The number of benzene rings is 1. The highest BCUT2D eigenvalue weighted by molar-refractivity contribution is 7.09. The molecule has 1 aromatic heterocycles. The minimum Gasteiger partial charge on any atom is -0.349 e. The summed E-state index contributed by atoms with van der Waals surface area (Å²) in [5, 5.41) is 5.23. The molecule has 0 aliphatic heterocycles. The van der Waals surface area contributed by atoms with Gasteiger partial charge in [0.05, 0.1) is 6.04 Å². The lowest BCUT2D eigenvalue weighted by atomic mass is 10.0. The highest BCUT2D eigenvalue weighted by Gasteiger charge is 2.12. The summed E-state index contributed by atoms with van der Waals surface area (Å²) in [6.07, 6.45) is 3.42. The van der Waals surface area contributed by atoms with E-state index in [0.717, 1.165) is 19.3 Å². The molecule has 0 fully saturated rings. The Morgan fingerprint density at radius 3 is 2.62 bits per heavy atom. The largest absolute Gasteiger partial charge is 0.349 e. The molecule has 0 aliphatic rings. The Kier molecular flexibility index (Phi) is 6.00. The summed E-state index contributed by atoms with van der Waals surface area (Å²) in [5.41, 5.74) is 2.44. The van der Waals surface area contributed by atoms with Crippen LogP contribution in [0.15, 0.2) is 41.8 Å². The molecule has 2 nitrogen and oxygen atoms in total. The molecule has 1 unspecified atom stereocenters. The van der Waals surface area contributed by atoms with Crippen molar-refractivity contribution in [2.75, 3.05) is 0 Å². The first-order chi connectivity index (χ1) is 10.2. The van der Waals surface area contributed by atoms with Gasteiger partial charge in [-0.25, -0.2) is 0 Å². The van der Waals surface area contributed by atoms with Gasteiger partial charge in [0.15, 0.2) is 0 Å². The number of aryl methyl sites for hydroxylation is 2. The first-order valence-corrected chi connectivity index (χ1v) is 8.45. The van der Waals surface area contributed by atoms with E-state index in [1.807, 2.05) is 0 Å². The summed E-state index contributed by atoms with van der Waals surface area (Å²) in [6.45, 7) is 4.18. The van der Waals surface area contributed by atoms with Crippen molar-refractivity contribution < 1.29 is 4.79 Å². The zero-order valence-electron chi connectivity index (χ0n) is 12.8. The number of hydrogen-bond acceptors (Lipinski definition) is 2. The van der Waals surface area contributed by atoms with Gasteiger partial charge in [0.2, 0.25) is 5.91 Å². The van der Waals surface area contributed by atoms with E-state index in [1.54, 1.807) is 11.3 Å². The van der Waals surface area contributed by atoms with Crippen LogP contribution in [0.4, 0.5) is 0 Å². The number of carbonyl (C=O) groups excluding carboxylic acids is 1. The predicted octanol–water partition coefficient (Wildman–Crippen LogP) is 4.65.